The first-order valence-corrected chi connectivity index (χ1v) is 7.52. The lowest BCUT2D eigenvalue weighted by atomic mass is 10.2. The lowest BCUT2D eigenvalue weighted by molar-refractivity contribution is -0.114. The van der Waals surface area contributed by atoms with Gasteiger partial charge >= 0.3 is 10.0 Å². The SMILES string of the molecule is CCCC(C)=NS(=O)(=O)c1nnc(NC(C)=O)s1. The minimum atomic E-state index is -3.82. The molecule has 18 heavy (non-hydrogen) atoms. The van der Waals surface area contributed by atoms with E-state index in [4.69, 9.17) is 0 Å². The summed E-state index contributed by atoms with van der Waals surface area (Å²) in [6.45, 7) is 4.89. The molecular weight excluding hydrogens is 276 g/mol. The van der Waals surface area contributed by atoms with Crippen LogP contribution in [-0.4, -0.2) is 30.2 Å². The minimum Gasteiger partial charge on any atom is -0.301 e. The number of amides is 1. The predicted octanol–water partition coefficient (Wildman–Crippen LogP) is 1.45. The van der Waals surface area contributed by atoms with E-state index in [1.165, 1.54) is 6.92 Å². The molecule has 1 rings (SSSR count). The summed E-state index contributed by atoms with van der Waals surface area (Å²) in [5, 5.41) is 9.59. The quantitative estimate of drug-likeness (QED) is 0.653. The highest BCUT2D eigenvalue weighted by atomic mass is 32.2. The largest absolute Gasteiger partial charge is 0.311 e. The normalized spacial score (nSPS) is 12.5. The van der Waals surface area contributed by atoms with Gasteiger partial charge in [0.25, 0.3) is 4.34 Å². The van der Waals surface area contributed by atoms with Crippen LogP contribution in [0.3, 0.4) is 0 Å². The van der Waals surface area contributed by atoms with E-state index in [-0.39, 0.29) is 15.4 Å². The first kappa shape index (κ1) is 14.7. The van der Waals surface area contributed by atoms with Gasteiger partial charge in [-0.3, -0.25) is 4.79 Å². The lowest BCUT2D eigenvalue weighted by Gasteiger charge is -1.96. The van der Waals surface area contributed by atoms with Crippen molar-refractivity contribution in [2.45, 2.75) is 38.0 Å². The van der Waals surface area contributed by atoms with Gasteiger partial charge < -0.3 is 5.32 Å². The number of hydrogen-bond acceptors (Lipinski definition) is 6. The zero-order chi connectivity index (χ0) is 13.8. The second kappa shape index (κ2) is 6.01. The van der Waals surface area contributed by atoms with Gasteiger partial charge in [0.2, 0.25) is 11.0 Å². The van der Waals surface area contributed by atoms with Crippen LogP contribution >= 0.6 is 11.3 Å². The van der Waals surface area contributed by atoms with E-state index >= 15 is 0 Å². The number of hydrogen-bond donors (Lipinski definition) is 1. The maximum atomic E-state index is 11.8. The number of carbonyl (C=O) groups excluding carboxylic acids is 1. The van der Waals surface area contributed by atoms with E-state index in [1.54, 1.807) is 6.92 Å². The molecular formula is C9H14N4O3S2. The van der Waals surface area contributed by atoms with E-state index in [9.17, 15) is 13.2 Å². The lowest BCUT2D eigenvalue weighted by Crippen LogP contribution is -2.04. The summed E-state index contributed by atoms with van der Waals surface area (Å²) in [5.41, 5.74) is 0.522. The Morgan fingerprint density at radius 3 is 2.61 bits per heavy atom. The van der Waals surface area contributed by atoms with Gasteiger partial charge in [0.05, 0.1) is 0 Å². The van der Waals surface area contributed by atoms with E-state index in [0.717, 1.165) is 17.8 Å². The molecule has 0 saturated heterocycles. The molecule has 100 valence electrons. The van der Waals surface area contributed by atoms with E-state index in [1.807, 2.05) is 6.92 Å². The first-order chi connectivity index (χ1) is 8.35. The van der Waals surface area contributed by atoms with E-state index < -0.39 is 10.0 Å². The Balaban J connectivity index is 2.95. The molecule has 0 radical (unpaired) electrons. The highest BCUT2D eigenvalue weighted by Crippen LogP contribution is 2.21. The summed E-state index contributed by atoms with van der Waals surface area (Å²) < 4.78 is 27.1. The molecule has 1 aromatic rings. The van der Waals surface area contributed by atoms with Crippen LogP contribution in [0.2, 0.25) is 0 Å². The number of nitrogens with zero attached hydrogens (tertiary/aromatic N) is 3. The minimum absolute atomic E-state index is 0.143. The molecule has 0 unspecified atom stereocenters. The van der Waals surface area contributed by atoms with E-state index in [2.05, 4.69) is 19.9 Å². The molecule has 0 aromatic carbocycles. The maximum Gasteiger partial charge on any atom is 0.311 e. The number of rotatable bonds is 5. The van der Waals surface area contributed by atoms with Crippen molar-refractivity contribution < 1.29 is 13.2 Å². The van der Waals surface area contributed by atoms with Crippen molar-refractivity contribution in [1.82, 2.24) is 10.2 Å². The van der Waals surface area contributed by atoms with Crippen LogP contribution in [0.4, 0.5) is 5.13 Å². The molecule has 9 heteroatoms. The fraction of sp³-hybridized carbons (Fsp3) is 0.556. The third kappa shape index (κ3) is 4.15. The molecule has 1 aromatic heterocycles. The Kier molecular flexibility index (Phi) is 4.91. The van der Waals surface area contributed by atoms with Crippen molar-refractivity contribution in [3.8, 4) is 0 Å². The molecule has 0 aliphatic carbocycles. The monoisotopic (exact) mass is 290 g/mol. The first-order valence-electron chi connectivity index (χ1n) is 5.26. The summed E-state index contributed by atoms with van der Waals surface area (Å²) in [6, 6.07) is 0. The molecule has 0 saturated carbocycles. The summed E-state index contributed by atoms with van der Waals surface area (Å²) >= 11 is 0.779. The topological polar surface area (TPSA) is 101 Å². The van der Waals surface area contributed by atoms with Gasteiger partial charge in [-0.1, -0.05) is 24.7 Å². The summed E-state index contributed by atoms with van der Waals surface area (Å²) in [7, 11) is -3.82. The fourth-order valence-electron chi connectivity index (χ4n) is 1.17. The van der Waals surface area contributed by atoms with Gasteiger partial charge in [-0.05, 0) is 13.3 Å². The summed E-state index contributed by atoms with van der Waals surface area (Å²) in [5.74, 6) is -0.333. The molecule has 1 amide bonds. The van der Waals surface area contributed by atoms with E-state index in [0.29, 0.717) is 12.1 Å². The number of sulfonamides is 1. The standard InChI is InChI=1S/C9H14N4O3S2/c1-4-5-6(2)13-18(15,16)9-12-11-8(17-9)10-7(3)14/h4-5H2,1-3H3,(H,10,11,14). The van der Waals surface area contributed by atoms with Gasteiger partial charge in [-0.15, -0.1) is 10.2 Å². The smallest absolute Gasteiger partial charge is 0.301 e. The van der Waals surface area contributed by atoms with Gasteiger partial charge in [0.1, 0.15) is 0 Å². The Morgan fingerprint density at radius 1 is 1.39 bits per heavy atom. The number of aromatic nitrogens is 2. The average molecular weight is 290 g/mol. The van der Waals surface area contributed by atoms with Crippen LogP contribution in [0.15, 0.2) is 8.74 Å². The molecule has 0 bridgehead atoms. The zero-order valence-corrected chi connectivity index (χ0v) is 11.9. The molecule has 7 nitrogen and oxygen atoms in total. The highest BCUT2D eigenvalue weighted by Gasteiger charge is 2.19. The molecule has 0 atom stereocenters. The fourth-order valence-corrected chi connectivity index (χ4v) is 3.18. The van der Waals surface area contributed by atoms with Gasteiger partial charge in [0, 0.05) is 12.6 Å². The van der Waals surface area contributed by atoms with Crippen molar-refractivity contribution in [2.24, 2.45) is 4.40 Å². The van der Waals surface area contributed by atoms with Crippen LogP contribution in [0.25, 0.3) is 0 Å². The third-order valence-corrected chi connectivity index (χ3v) is 4.39. The zero-order valence-electron chi connectivity index (χ0n) is 10.3. The Bertz CT molecular complexity index is 562. The molecule has 0 aliphatic heterocycles. The number of nitrogens with one attached hydrogen (secondary N) is 1. The van der Waals surface area contributed by atoms with Crippen LogP contribution in [0, 0.1) is 0 Å². The predicted molar refractivity (Wildman–Crippen MR) is 69.4 cm³/mol. The third-order valence-electron chi connectivity index (χ3n) is 1.80. The Labute approximate surface area is 109 Å². The van der Waals surface area contributed by atoms with Gasteiger partial charge in [0.15, 0.2) is 0 Å². The maximum absolute atomic E-state index is 11.8. The highest BCUT2D eigenvalue weighted by molar-refractivity contribution is 7.92. The van der Waals surface area contributed by atoms with Crippen molar-refractivity contribution in [3.63, 3.8) is 0 Å². The van der Waals surface area contributed by atoms with Gasteiger partial charge in [-0.2, -0.15) is 12.8 Å². The van der Waals surface area contributed by atoms with Crippen LogP contribution < -0.4 is 5.32 Å². The Morgan fingerprint density at radius 2 is 2.06 bits per heavy atom. The average Bonchev–Trinajstić information content (AvgIpc) is 2.65. The summed E-state index contributed by atoms with van der Waals surface area (Å²) in [6.07, 6.45) is 1.43. The molecule has 1 heterocycles. The van der Waals surface area contributed by atoms with Crippen molar-refractivity contribution >= 4 is 38.1 Å². The number of anilines is 1. The molecule has 0 aliphatic rings. The second-order valence-corrected chi connectivity index (χ2v) is 6.36. The van der Waals surface area contributed by atoms with Crippen LogP contribution in [0.5, 0.6) is 0 Å². The number of carbonyl (C=O) groups is 1. The second-order valence-electron chi connectivity index (χ2n) is 3.61. The van der Waals surface area contributed by atoms with Crippen LogP contribution in [0.1, 0.15) is 33.6 Å². The Hall–Kier alpha value is -1.35. The van der Waals surface area contributed by atoms with Gasteiger partial charge in [-0.25, -0.2) is 0 Å². The molecule has 0 spiro atoms. The van der Waals surface area contributed by atoms with Crippen molar-refractivity contribution in [1.29, 1.82) is 0 Å². The summed E-state index contributed by atoms with van der Waals surface area (Å²) in [4.78, 5) is 10.8. The molecule has 0 fully saturated rings. The van der Waals surface area contributed by atoms with Crippen LogP contribution in [-0.2, 0) is 14.8 Å². The van der Waals surface area contributed by atoms with Crippen molar-refractivity contribution in [2.75, 3.05) is 5.32 Å². The molecule has 1 N–H and O–H groups in total. The van der Waals surface area contributed by atoms with Crippen molar-refractivity contribution in [3.05, 3.63) is 0 Å².